The fraction of sp³-hybridized carbons (Fsp3) is 1.00. The highest BCUT2D eigenvalue weighted by molar-refractivity contribution is 8.00. The Morgan fingerprint density at radius 1 is 0.846 bits per heavy atom. The second-order valence-corrected chi connectivity index (χ2v) is 5.92. The van der Waals surface area contributed by atoms with Gasteiger partial charge in [0.15, 0.2) is 0 Å². The lowest BCUT2D eigenvalue weighted by atomic mass is 9.77. The highest BCUT2D eigenvalue weighted by Gasteiger charge is 2.40. The molecule has 0 bridgehead atoms. The van der Waals surface area contributed by atoms with Crippen LogP contribution in [-0.2, 0) is 0 Å². The quantitative estimate of drug-likeness (QED) is 0.560. The van der Waals surface area contributed by atoms with E-state index in [-0.39, 0.29) is 0 Å². The molecule has 0 amide bonds. The van der Waals surface area contributed by atoms with Gasteiger partial charge in [0, 0.05) is 10.5 Å². The molecule has 0 radical (unpaired) electrons. The van der Waals surface area contributed by atoms with Crippen LogP contribution in [0.15, 0.2) is 0 Å². The fourth-order valence-corrected chi connectivity index (χ4v) is 4.65. The molecule has 0 spiro atoms. The van der Waals surface area contributed by atoms with Gasteiger partial charge in [0.2, 0.25) is 0 Å². The number of thioether (sulfide) groups is 1. The molecule has 0 aromatic rings. The zero-order chi connectivity index (χ0) is 9.84. The van der Waals surface area contributed by atoms with Crippen LogP contribution in [0.1, 0.15) is 53.4 Å². The maximum Gasteiger partial charge on any atom is 0.00528 e. The van der Waals surface area contributed by atoms with Crippen LogP contribution in [0, 0.1) is 11.8 Å². The van der Waals surface area contributed by atoms with E-state index in [2.05, 4.69) is 25.6 Å². The fourth-order valence-electron chi connectivity index (χ4n) is 2.89. The van der Waals surface area contributed by atoms with Gasteiger partial charge in [-0.15, -0.1) is 0 Å². The number of rotatable bonds is 0. The summed E-state index contributed by atoms with van der Waals surface area (Å²) in [5, 5.41) is 1.91. The van der Waals surface area contributed by atoms with Gasteiger partial charge in [-0.2, -0.15) is 11.8 Å². The van der Waals surface area contributed by atoms with E-state index < -0.39 is 0 Å². The van der Waals surface area contributed by atoms with Gasteiger partial charge in [-0.3, -0.25) is 0 Å². The van der Waals surface area contributed by atoms with Crippen LogP contribution in [0.2, 0.25) is 0 Å². The Morgan fingerprint density at radius 2 is 1.23 bits per heavy atom. The van der Waals surface area contributed by atoms with E-state index in [0.717, 1.165) is 22.3 Å². The van der Waals surface area contributed by atoms with Crippen LogP contribution in [0.5, 0.6) is 0 Å². The Hall–Kier alpha value is 0.350. The third kappa shape index (κ3) is 2.43. The smallest absolute Gasteiger partial charge is 0.00528 e. The lowest BCUT2D eigenvalue weighted by Gasteiger charge is -2.28. The molecular weight excluding hydrogens is 176 g/mol. The molecule has 2 aliphatic rings. The molecule has 0 N–H and O–H groups in total. The van der Waals surface area contributed by atoms with E-state index in [4.69, 9.17) is 0 Å². The van der Waals surface area contributed by atoms with Gasteiger partial charge in [0.1, 0.15) is 0 Å². The maximum atomic E-state index is 2.43. The van der Waals surface area contributed by atoms with Crippen molar-refractivity contribution in [3.63, 3.8) is 0 Å². The largest absolute Gasteiger partial charge is 0.155 e. The molecule has 0 aromatic carbocycles. The molecule has 1 aliphatic carbocycles. The minimum Gasteiger partial charge on any atom is -0.155 e. The minimum absolute atomic E-state index is 0.954. The van der Waals surface area contributed by atoms with Crippen LogP contribution in [0.3, 0.4) is 0 Å². The average molecular weight is 200 g/mol. The number of hydrogen-bond donors (Lipinski definition) is 0. The third-order valence-electron chi connectivity index (χ3n) is 3.51. The SMILES string of the molecule is CC.CC1SC(C)C2CCCCC12. The first-order valence-corrected chi connectivity index (χ1v) is 6.89. The second-order valence-electron chi connectivity index (χ2n) is 4.16. The van der Waals surface area contributed by atoms with Crippen molar-refractivity contribution >= 4 is 11.8 Å². The summed E-state index contributed by atoms with van der Waals surface area (Å²) in [6, 6.07) is 0. The Morgan fingerprint density at radius 3 is 1.62 bits per heavy atom. The molecule has 0 aromatic heterocycles. The van der Waals surface area contributed by atoms with Gasteiger partial charge < -0.3 is 0 Å². The lowest BCUT2D eigenvalue weighted by molar-refractivity contribution is 0.254. The highest BCUT2D eigenvalue weighted by atomic mass is 32.2. The van der Waals surface area contributed by atoms with Gasteiger partial charge in [0.25, 0.3) is 0 Å². The highest BCUT2D eigenvalue weighted by Crippen LogP contribution is 2.49. The predicted molar refractivity (Wildman–Crippen MR) is 63.3 cm³/mol. The van der Waals surface area contributed by atoms with Crippen LogP contribution >= 0.6 is 11.8 Å². The van der Waals surface area contributed by atoms with Crippen LogP contribution in [0.25, 0.3) is 0 Å². The van der Waals surface area contributed by atoms with Crippen molar-refractivity contribution in [1.29, 1.82) is 0 Å². The number of fused-ring (bicyclic) bond motifs is 1. The van der Waals surface area contributed by atoms with Crippen molar-refractivity contribution in [2.24, 2.45) is 11.8 Å². The molecule has 13 heavy (non-hydrogen) atoms. The van der Waals surface area contributed by atoms with E-state index in [1.807, 2.05) is 13.8 Å². The first-order valence-electron chi connectivity index (χ1n) is 5.94. The van der Waals surface area contributed by atoms with E-state index >= 15 is 0 Å². The van der Waals surface area contributed by atoms with Crippen molar-refractivity contribution in [2.45, 2.75) is 63.9 Å². The van der Waals surface area contributed by atoms with Crippen LogP contribution in [-0.4, -0.2) is 10.5 Å². The van der Waals surface area contributed by atoms with Crippen molar-refractivity contribution in [3.8, 4) is 0 Å². The molecular formula is C12H24S. The maximum absolute atomic E-state index is 2.43. The predicted octanol–water partition coefficient (Wildman–Crippen LogP) is 4.34. The Balaban J connectivity index is 0.000000396. The molecule has 1 saturated carbocycles. The minimum atomic E-state index is 0.954. The lowest BCUT2D eigenvalue weighted by Crippen LogP contribution is -2.23. The van der Waals surface area contributed by atoms with Gasteiger partial charge in [-0.25, -0.2) is 0 Å². The first kappa shape index (κ1) is 11.4. The molecule has 4 unspecified atom stereocenters. The normalized spacial score (nSPS) is 43.4. The van der Waals surface area contributed by atoms with Gasteiger partial charge in [0.05, 0.1) is 0 Å². The monoisotopic (exact) mass is 200 g/mol. The third-order valence-corrected chi connectivity index (χ3v) is 5.07. The van der Waals surface area contributed by atoms with E-state index in [1.165, 1.54) is 25.7 Å². The Bertz CT molecular complexity index is 128. The molecule has 2 fully saturated rings. The summed E-state index contributed by atoms with van der Waals surface area (Å²) in [6.07, 6.45) is 6.03. The molecule has 4 atom stereocenters. The molecule has 1 aliphatic heterocycles. The standard InChI is InChI=1S/C10H18S.C2H6/c1-7-9-5-3-4-6-10(9)8(2)11-7;1-2/h7-10H,3-6H2,1-2H3;1-2H3. The van der Waals surface area contributed by atoms with E-state index in [1.54, 1.807) is 0 Å². The molecule has 1 saturated heterocycles. The number of hydrogen-bond acceptors (Lipinski definition) is 1. The van der Waals surface area contributed by atoms with E-state index in [9.17, 15) is 0 Å². The summed E-state index contributed by atoms with van der Waals surface area (Å²) in [4.78, 5) is 0. The van der Waals surface area contributed by atoms with Crippen LogP contribution in [0.4, 0.5) is 0 Å². The first-order chi connectivity index (χ1) is 6.29. The Kier molecular flexibility index (Phi) is 4.64. The van der Waals surface area contributed by atoms with Crippen molar-refractivity contribution in [2.75, 3.05) is 0 Å². The van der Waals surface area contributed by atoms with E-state index in [0.29, 0.717) is 0 Å². The summed E-state index contributed by atoms with van der Waals surface area (Å²) in [5.41, 5.74) is 0. The van der Waals surface area contributed by atoms with Gasteiger partial charge in [-0.05, 0) is 24.7 Å². The van der Waals surface area contributed by atoms with Crippen molar-refractivity contribution < 1.29 is 0 Å². The Labute approximate surface area is 87.9 Å². The summed E-state index contributed by atoms with van der Waals surface area (Å²) in [6.45, 7) is 8.86. The molecule has 78 valence electrons. The molecule has 2 rings (SSSR count). The molecule has 1 heterocycles. The topological polar surface area (TPSA) is 0 Å². The summed E-state index contributed by atoms with van der Waals surface area (Å²) < 4.78 is 0. The van der Waals surface area contributed by atoms with Crippen LogP contribution < -0.4 is 0 Å². The summed E-state index contributed by atoms with van der Waals surface area (Å²) >= 11 is 2.23. The zero-order valence-electron chi connectivity index (χ0n) is 9.55. The average Bonchev–Trinajstić information content (AvgIpc) is 2.47. The zero-order valence-corrected chi connectivity index (χ0v) is 10.4. The van der Waals surface area contributed by atoms with Gasteiger partial charge in [-0.1, -0.05) is 40.5 Å². The van der Waals surface area contributed by atoms with Crippen molar-refractivity contribution in [1.82, 2.24) is 0 Å². The molecule has 1 heteroatoms. The second kappa shape index (κ2) is 5.29. The summed E-state index contributed by atoms with van der Waals surface area (Å²) in [7, 11) is 0. The molecule has 0 nitrogen and oxygen atoms in total. The summed E-state index contributed by atoms with van der Waals surface area (Å²) in [5.74, 6) is 2.15. The van der Waals surface area contributed by atoms with Crippen molar-refractivity contribution in [3.05, 3.63) is 0 Å². The van der Waals surface area contributed by atoms with Gasteiger partial charge >= 0.3 is 0 Å².